The first-order valence-electron chi connectivity index (χ1n) is 13.5. The highest BCUT2D eigenvalue weighted by Gasteiger charge is 2.35. The van der Waals surface area contributed by atoms with Crippen molar-refractivity contribution in [3.05, 3.63) is 131 Å². The minimum absolute atomic E-state index is 0.0477. The van der Waals surface area contributed by atoms with Crippen LogP contribution in [0.3, 0.4) is 0 Å². The molecule has 0 saturated carbocycles. The van der Waals surface area contributed by atoms with Crippen LogP contribution >= 0.6 is 0 Å². The first-order valence-corrected chi connectivity index (χ1v) is 15.0. The van der Waals surface area contributed by atoms with Crippen LogP contribution in [-0.4, -0.2) is 44.8 Å². The van der Waals surface area contributed by atoms with E-state index in [1.54, 1.807) is 12.1 Å². The smallest absolute Gasteiger partial charge is 0.264 e. The standard InChI is InChI=1S/C33H34FN3O4S/c1-24-17-19-28(20-18-24)42(40,41)37(30-16-10-9-15-29(30)34)23-32(38)36(22-27-14-8-7-11-25(27)2)31(33(39)35-3)21-26-12-5-4-6-13-26/h4-20,31H,21-23H2,1-3H3,(H,35,39). The Balaban J connectivity index is 1.80. The van der Waals surface area contributed by atoms with Gasteiger partial charge in [-0.3, -0.25) is 13.9 Å². The van der Waals surface area contributed by atoms with Crippen molar-refractivity contribution >= 4 is 27.5 Å². The number of halogens is 1. The summed E-state index contributed by atoms with van der Waals surface area (Å²) in [5.41, 5.74) is 3.12. The molecule has 42 heavy (non-hydrogen) atoms. The van der Waals surface area contributed by atoms with Gasteiger partial charge in [0, 0.05) is 20.0 Å². The molecule has 0 aliphatic heterocycles. The molecule has 9 heteroatoms. The number of nitrogens with zero attached hydrogens (tertiary/aromatic N) is 2. The highest BCUT2D eigenvalue weighted by atomic mass is 32.2. The van der Waals surface area contributed by atoms with E-state index in [4.69, 9.17) is 0 Å². The summed E-state index contributed by atoms with van der Waals surface area (Å²) in [5, 5.41) is 2.65. The minimum Gasteiger partial charge on any atom is -0.357 e. The van der Waals surface area contributed by atoms with Crippen molar-refractivity contribution in [1.29, 1.82) is 0 Å². The van der Waals surface area contributed by atoms with Crippen LogP contribution in [-0.2, 0) is 32.6 Å². The summed E-state index contributed by atoms with van der Waals surface area (Å²) >= 11 is 0. The fraction of sp³-hybridized carbons (Fsp3) is 0.212. The molecule has 4 aromatic carbocycles. The van der Waals surface area contributed by atoms with E-state index < -0.39 is 40.2 Å². The lowest BCUT2D eigenvalue weighted by atomic mass is 10.0. The number of para-hydroxylation sites is 1. The summed E-state index contributed by atoms with van der Waals surface area (Å²) in [4.78, 5) is 28.9. The van der Waals surface area contributed by atoms with Crippen LogP contribution in [0.1, 0.15) is 22.3 Å². The summed E-state index contributed by atoms with van der Waals surface area (Å²) in [6.45, 7) is 3.05. The SMILES string of the molecule is CNC(=O)C(Cc1ccccc1)N(Cc1ccccc1C)C(=O)CN(c1ccccc1F)S(=O)(=O)c1ccc(C)cc1. The molecule has 0 fully saturated rings. The maximum atomic E-state index is 15.1. The second-order valence-electron chi connectivity index (χ2n) is 10.0. The van der Waals surface area contributed by atoms with E-state index in [1.807, 2.05) is 68.4 Å². The summed E-state index contributed by atoms with van der Waals surface area (Å²) in [5.74, 6) is -1.85. The molecule has 0 aliphatic rings. The molecule has 0 aromatic heterocycles. The third kappa shape index (κ3) is 7.03. The molecule has 0 bridgehead atoms. The Labute approximate surface area is 246 Å². The van der Waals surface area contributed by atoms with Gasteiger partial charge in [-0.25, -0.2) is 12.8 Å². The number of likely N-dealkylation sites (N-methyl/N-ethyl adjacent to an activating group) is 1. The van der Waals surface area contributed by atoms with Gasteiger partial charge in [0.25, 0.3) is 10.0 Å². The van der Waals surface area contributed by atoms with E-state index in [1.165, 1.54) is 42.3 Å². The number of amides is 2. The highest BCUT2D eigenvalue weighted by molar-refractivity contribution is 7.92. The molecule has 1 atom stereocenters. The summed E-state index contributed by atoms with van der Waals surface area (Å²) in [6.07, 6.45) is 0.197. The van der Waals surface area contributed by atoms with Crippen LogP contribution in [0.2, 0.25) is 0 Å². The molecule has 0 spiro atoms. The molecule has 0 saturated heterocycles. The molecular formula is C33H34FN3O4S. The quantitative estimate of drug-likeness (QED) is 0.267. The minimum atomic E-state index is -4.37. The summed E-state index contributed by atoms with van der Waals surface area (Å²) in [6, 6.07) is 27.3. The van der Waals surface area contributed by atoms with Gasteiger partial charge in [0.05, 0.1) is 10.6 Å². The van der Waals surface area contributed by atoms with Gasteiger partial charge in [-0.1, -0.05) is 84.4 Å². The Morgan fingerprint density at radius 3 is 2.10 bits per heavy atom. The van der Waals surface area contributed by atoms with Crippen molar-refractivity contribution in [3.63, 3.8) is 0 Å². The third-order valence-corrected chi connectivity index (χ3v) is 8.90. The maximum Gasteiger partial charge on any atom is 0.264 e. The molecule has 1 N–H and O–H groups in total. The first-order chi connectivity index (χ1) is 20.1. The van der Waals surface area contributed by atoms with Crippen molar-refractivity contribution in [2.45, 2.75) is 37.8 Å². The van der Waals surface area contributed by atoms with Crippen LogP contribution in [0.15, 0.2) is 108 Å². The Bertz CT molecular complexity index is 1640. The fourth-order valence-corrected chi connectivity index (χ4v) is 6.12. The zero-order valence-electron chi connectivity index (χ0n) is 23.8. The Kier molecular flexibility index (Phi) is 9.75. The van der Waals surface area contributed by atoms with E-state index in [0.717, 1.165) is 32.6 Å². The lowest BCUT2D eigenvalue weighted by Gasteiger charge is -2.34. The Morgan fingerprint density at radius 2 is 1.45 bits per heavy atom. The van der Waals surface area contributed by atoms with Gasteiger partial charge in [0.2, 0.25) is 11.8 Å². The van der Waals surface area contributed by atoms with Crippen LogP contribution in [0.5, 0.6) is 0 Å². The summed E-state index contributed by atoms with van der Waals surface area (Å²) in [7, 11) is -2.88. The van der Waals surface area contributed by atoms with Crippen molar-refractivity contribution < 1.29 is 22.4 Å². The average Bonchev–Trinajstić information content (AvgIpc) is 2.99. The van der Waals surface area contributed by atoms with Gasteiger partial charge in [-0.2, -0.15) is 0 Å². The lowest BCUT2D eigenvalue weighted by Crippen LogP contribution is -2.53. The fourth-order valence-electron chi connectivity index (χ4n) is 4.70. The topological polar surface area (TPSA) is 86.8 Å². The van der Waals surface area contributed by atoms with Gasteiger partial charge in [-0.05, 0) is 54.8 Å². The van der Waals surface area contributed by atoms with Gasteiger partial charge in [0.1, 0.15) is 18.4 Å². The van der Waals surface area contributed by atoms with Crippen LogP contribution in [0, 0.1) is 19.7 Å². The Hall–Kier alpha value is -4.50. The largest absolute Gasteiger partial charge is 0.357 e. The van der Waals surface area contributed by atoms with Crippen molar-refractivity contribution in [2.24, 2.45) is 0 Å². The number of benzene rings is 4. The van der Waals surface area contributed by atoms with Gasteiger partial charge < -0.3 is 10.2 Å². The molecule has 2 amide bonds. The number of sulfonamides is 1. The highest BCUT2D eigenvalue weighted by Crippen LogP contribution is 2.27. The number of carbonyl (C=O) groups is 2. The molecule has 0 radical (unpaired) electrons. The lowest BCUT2D eigenvalue weighted by molar-refractivity contribution is -0.139. The number of nitrogens with one attached hydrogen (secondary N) is 1. The number of carbonyl (C=O) groups excluding carboxylic acids is 2. The van der Waals surface area contributed by atoms with Gasteiger partial charge in [-0.15, -0.1) is 0 Å². The molecular weight excluding hydrogens is 553 g/mol. The monoisotopic (exact) mass is 587 g/mol. The van der Waals surface area contributed by atoms with Crippen LogP contribution in [0.4, 0.5) is 10.1 Å². The van der Waals surface area contributed by atoms with E-state index in [2.05, 4.69) is 5.32 Å². The number of hydrogen-bond acceptors (Lipinski definition) is 4. The number of aryl methyl sites for hydroxylation is 2. The normalized spacial score (nSPS) is 11.9. The van der Waals surface area contributed by atoms with Crippen molar-refractivity contribution in [1.82, 2.24) is 10.2 Å². The van der Waals surface area contributed by atoms with E-state index >= 15 is 4.39 Å². The van der Waals surface area contributed by atoms with E-state index in [9.17, 15) is 18.0 Å². The third-order valence-electron chi connectivity index (χ3n) is 7.13. The van der Waals surface area contributed by atoms with Crippen LogP contribution in [0.25, 0.3) is 0 Å². The predicted molar refractivity (Wildman–Crippen MR) is 162 cm³/mol. The van der Waals surface area contributed by atoms with Crippen LogP contribution < -0.4 is 9.62 Å². The second kappa shape index (κ2) is 13.4. The average molecular weight is 588 g/mol. The second-order valence-corrected chi connectivity index (χ2v) is 11.9. The molecule has 0 heterocycles. The maximum absolute atomic E-state index is 15.1. The van der Waals surface area contributed by atoms with Crippen molar-refractivity contribution in [2.75, 3.05) is 17.9 Å². The van der Waals surface area contributed by atoms with Crippen molar-refractivity contribution in [3.8, 4) is 0 Å². The van der Waals surface area contributed by atoms with Gasteiger partial charge >= 0.3 is 0 Å². The zero-order chi connectivity index (χ0) is 30.3. The molecule has 4 aromatic rings. The molecule has 7 nitrogen and oxygen atoms in total. The first kappa shape index (κ1) is 30.5. The van der Waals surface area contributed by atoms with Gasteiger partial charge in [0.15, 0.2) is 0 Å². The number of hydrogen-bond donors (Lipinski definition) is 1. The number of anilines is 1. The van der Waals surface area contributed by atoms with E-state index in [0.29, 0.717) is 0 Å². The predicted octanol–water partition coefficient (Wildman–Crippen LogP) is 5.02. The molecule has 218 valence electrons. The Morgan fingerprint density at radius 1 is 0.833 bits per heavy atom. The zero-order valence-corrected chi connectivity index (χ0v) is 24.6. The number of rotatable bonds is 11. The molecule has 4 rings (SSSR count). The molecule has 1 unspecified atom stereocenters. The van der Waals surface area contributed by atoms with E-state index in [-0.39, 0.29) is 23.5 Å². The summed E-state index contributed by atoms with van der Waals surface area (Å²) < 4.78 is 43.8. The molecule has 0 aliphatic carbocycles.